The summed E-state index contributed by atoms with van der Waals surface area (Å²) in [5.74, 6) is 0.101. The van der Waals surface area contributed by atoms with E-state index in [1.54, 1.807) is 37.4 Å². The molecular weight excluding hydrogens is 444 g/mol. The van der Waals surface area contributed by atoms with Crippen molar-refractivity contribution >= 4 is 37.5 Å². The van der Waals surface area contributed by atoms with Crippen molar-refractivity contribution in [2.45, 2.75) is 24.7 Å². The lowest BCUT2D eigenvalue weighted by Crippen LogP contribution is -2.43. The van der Waals surface area contributed by atoms with E-state index in [1.165, 1.54) is 4.31 Å². The summed E-state index contributed by atoms with van der Waals surface area (Å²) in [5, 5.41) is 2.88. The van der Waals surface area contributed by atoms with Gasteiger partial charge in [0.2, 0.25) is 15.9 Å². The van der Waals surface area contributed by atoms with Gasteiger partial charge >= 0.3 is 0 Å². The number of aryl methyl sites for hydroxylation is 1. The van der Waals surface area contributed by atoms with Crippen LogP contribution >= 0.6 is 15.9 Å². The van der Waals surface area contributed by atoms with Crippen molar-refractivity contribution in [3.05, 3.63) is 52.5 Å². The number of rotatable bonds is 5. The maximum absolute atomic E-state index is 13.1. The van der Waals surface area contributed by atoms with E-state index in [4.69, 9.17) is 4.74 Å². The second-order valence-electron chi connectivity index (χ2n) is 6.83. The molecular formula is C20H23BrN2O4S. The van der Waals surface area contributed by atoms with Gasteiger partial charge in [-0.15, -0.1) is 0 Å². The van der Waals surface area contributed by atoms with Gasteiger partial charge in [-0.3, -0.25) is 4.79 Å². The Morgan fingerprint density at radius 1 is 1.21 bits per heavy atom. The lowest BCUT2D eigenvalue weighted by atomic mass is 9.99. The molecule has 0 aromatic heterocycles. The fraction of sp³-hybridized carbons (Fsp3) is 0.350. The van der Waals surface area contributed by atoms with E-state index in [9.17, 15) is 13.2 Å². The van der Waals surface area contributed by atoms with Crippen LogP contribution in [0, 0.1) is 12.8 Å². The number of benzene rings is 2. The molecule has 1 fully saturated rings. The molecule has 1 amide bonds. The number of anilines is 1. The molecule has 1 N–H and O–H groups in total. The summed E-state index contributed by atoms with van der Waals surface area (Å²) in [6, 6.07) is 12.1. The molecule has 1 aliphatic heterocycles. The zero-order valence-electron chi connectivity index (χ0n) is 15.8. The standard InChI is InChI=1S/C20H23BrN2O4S/c1-14-12-18(9-10-19(14)27-2)28(25,26)23-11-3-4-15(13-23)20(24)22-17-7-5-16(21)6-8-17/h5-10,12,15H,3-4,11,13H2,1-2H3,(H,22,24). The third-order valence-electron chi connectivity index (χ3n) is 4.87. The van der Waals surface area contributed by atoms with Crippen molar-refractivity contribution < 1.29 is 17.9 Å². The highest BCUT2D eigenvalue weighted by molar-refractivity contribution is 9.10. The van der Waals surface area contributed by atoms with Crippen LogP contribution in [-0.4, -0.2) is 38.8 Å². The van der Waals surface area contributed by atoms with Crippen LogP contribution in [0.4, 0.5) is 5.69 Å². The summed E-state index contributed by atoms with van der Waals surface area (Å²) >= 11 is 3.36. The molecule has 1 heterocycles. The Morgan fingerprint density at radius 2 is 1.93 bits per heavy atom. The number of methoxy groups -OCH3 is 1. The van der Waals surface area contributed by atoms with Gasteiger partial charge in [0.15, 0.2) is 0 Å². The molecule has 0 bridgehead atoms. The topological polar surface area (TPSA) is 75.7 Å². The Kier molecular flexibility index (Phi) is 6.42. The summed E-state index contributed by atoms with van der Waals surface area (Å²) < 4.78 is 33.6. The van der Waals surface area contributed by atoms with Crippen LogP contribution in [0.25, 0.3) is 0 Å². The number of amides is 1. The fourth-order valence-electron chi connectivity index (χ4n) is 3.31. The Morgan fingerprint density at radius 3 is 2.57 bits per heavy atom. The predicted molar refractivity (Wildman–Crippen MR) is 112 cm³/mol. The molecule has 1 aliphatic rings. The first-order valence-corrected chi connectivity index (χ1v) is 11.3. The van der Waals surface area contributed by atoms with E-state index in [1.807, 2.05) is 19.1 Å². The number of carbonyl (C=O) groups excluding carboxylic acids is 1. The van der Waals surface area contributed by atoms with E-state index >= 15 is 0 Å². The number of piperidine rings is 1. The van der Waals surface area contributed by atoms with Gasteiger partial charge in [-0.2, -0.15) is 4.31 Å². The average molecular weight is 467 g/mol. The number of sulfonamides is 1. The van der Waals surface area contributed by atoms with E-state index < -0.39 is 10.0 Å². The number of hydrogen-bond acceptors (Lipinski definition) is 4. The Balaban J connectivity index is 1.73. The van der Waals surface area contributed by atoms with Gasteiger partial charge in [-0.25, -0.2) is 8.42 Å². The highest BCUT2D eigenvalue weighted by Gasteiger charge is 2.33. The highest BCUT2D eigenvalue weighted by atomic mass is 79.9. The third-order valence-corrected chi connectivity index (χ3v) is 7.26. The molecule has 0 saturated carbocycles. The third kappa shape index (κ3) is 4.56. The number of hydrogen-bond donors (Lipinski definition) is 1. The second-order valence-corrected chi connectivity index (χ2v) is 9.68. The van der Waals surface area contributed by atoms with Crippen molar-refractivity contribution in [3.63, 3.8) is 0 Å². The molecule has 0 radical (unpaired) electrons. The number of nitrogens with one attached hydrogen (secondary N) is 1. The first-order chi connectivity index (χ1) is 13.3. The van der Waals surface area contributed by atoms with Gasteiger partial charge < -0.3 is 10.1 Å². The van der Waals surface area contributed by atoms with E-state index in [-0.39, 0.29) is 23.3 Å². The first kappa shape index (κ1) is 20.8. The number of nitrogens with zero attached hydrogens (tertiary/aromatic N) is 1. The van der Waals surface area contributed by atoms with Gasteiger partial charge in [0.05, 0.1) is 17.9 Å². The number of halogens is 1. The number of carbonyl (C=O) groups is 1. The predicted octanol–water partition coefficient (Wildman–Crippen LogP) is 3.81. The van der Waals surface area contributed by atoms with E-state index in [0.717, 1.165) is 10.0 Å². The molecule has 0 spiro atoms. The Labute approximate surface area is 174 Å². The highest BCUT2D eigenvalue weighted by Crippen LogP contribution is 2.28. The molecule has 1 unspecified atom stereocenters. The average Bonchev–Trinajstić information content (AvgIpc) is 2.69. The maximum atomic E-state index is 13.1. The van der Waals surface area contributed by atoms with Crippen LogP contribution < -0.4 is 10.1 Å². The molecule has 1 atom stereocenters. The van der Waals surface area contributed by atoms with Gasteiger partial charge in [0.25, 0.3) is 0 Å². The lowest BCUT2D eigenvalue weighted by molar-refractivity contribution is -0.120. The fourth-order valence-corrected chi connectivity index (χ4v) is 5.19. The first-order valence-electron chi connectivity index (χ1n) is 9.02. The summed E-state index contributed by atoms with van der Waals surface area (Å²) in [5.41, 5.74) is 1.45. The molecule has 28 heavy (non-hydrogen) atoms. The van der Waals surface area contributed by atoms with Crippen LogP contribution in [-0.2, 0) is 14.8 Å². The molecule has 2 aromatic carbocycles. The van der Waals surface area contributed by atoms with E-state index in [2.05, 4.69) is 21.2 Å². The van der Waals surface area contributed by atoms with Crippen molar-refractivity contribution in [2.24, 2.45) is 5.92 Å². The SMILES string of the molecule is COc1ccc(S(=O)(=O)N2CCCC(C(=O)Nc3ccc(Br)cc3)C2)cc1C. The molecule has 0 aliphatic carbocycles. The zero-order valence-corrected chi connectivity index (χ0v) is 18.2. The minimum absolute atomic E-state index is 0.159. The molecule has 8 heteroatoms. The molecule has 150 valence electrons. The number of ether oxygens (including phenoxy) is 1. The second kappa shape index (κ2) is 8.63. The smallest absolute Gasteiger partial charge is 0.243 e. The monoisotopic (exact) mass is 466 g/mol. The van der Waals surface area contributed by atoms with Crippen LogP contribution in [0.15, 0.2) is 51.8 Å². The lowest BCUT2D eigenvalue weighted by Gasteiger charge is -2.31. The summed E-state index contributed by atoms with van der Waals surface area (Å²) in [7, 11) is -2.11. The largest absolute Gasteiger partial charge is 0.496 e. The molecule has 6 nitrogen and oxygen atoms in total. The van der Waals surface area contributed by atoms with Crippen molar-refractivity contribution in [1.29, 1.82) is 0 Å². The zero-order chi connectivity index (χ0) is 20.3. The summed E-state index contributed by atoms with van der Waals surface area (Å²) in [6.07, 6.45) is 1.31. The van der Waals surface area contributed by atoms with Crippen molar-refractivity contribution in [2.75, 3.05) is 25.5 Å². The van der Waals surface area contributed by atoms with E-state index in [0.29, 0.717) is 30.8 Å². The Bertz CT molecular complexity index is 961. The summed E-state index contributed by atoms with van der Waals surface area (Å²) in [4.78, 5) is 12.9. The van der Waals surface area contributed by atoms with Crippen molar-refractivity contribution in [1.82, 2.24) is 4.31 Å². The molecule has 1 saturated heterocycles. The Hall–Kier alpha value is -1.90. The maximum Gasteiger partial charge on any atom is 0.243 e. The van der Waals surface area contributed by atoms with Crippen LogP contribution in [0.2, 0.25) is 0 Å². The van der Waals surface area contributed by atoms with Gasteiger partial charge in [0, 0.05) is 23.2 Å². The van der Waals surface area contributed by atoms with Gasteiger partial charge in [-0.1, -0.05) is 15.9 Å². The van der Waals surface area contributed by atoms with Crippen LogP contribution in [0.3, 0.4) is 0 Å². The van der Waals surface area contributed by atoms with Crippen LogP contribution in [0.5, 0.6) is 5.75 Å². The van der Waals surface area contributed by atoms with Crippen LogP contribution in [0.1, 0.15) is 18.4 Å². The van der Waals surface area contributed by atoms with Gasteiger partial charge in [0.1, 0.15) is 5.75 Å². The van der Waals surface area contributed by atoms with Gasteiger partial charge in [-0.05, 0) is 67.8 Å². The molecule has 3 rings (SSSR count). The minimum atomic E-state index is -3.66. The minimum Gasteiger partial charge on any atom is -0.496 e. The molecule has 2 aromatic rings. The summed E-state index contributed by atoms with van der Waals surface area (Å²) in [6.45, 7) is 2.40. The quantitative estimate of drug-likeness (QED) is 0.726. The normalized spacial score (nSPS) is 17.9. The van der Waals surface area contributed by atoms with Crippen molar-refractivity contribution in [3.8, 4) is 5.75 Å².